The van der Waals surface area contributed by atoms with E-state index in [1.165, 1.54) is 28.5 Å². The lowest BCUT2D eigenvalue weighted by atomic mass is 9.98. The zero-order valence-electron chi connectivity index (χ0n) is 14.1. The highest BCUT2D eigenvalue weighted by molar-refractivity contribution is 8.13. The fourth-order valence-electron chi connectivity index (χ4n) is 2.83. The maximum atomic E-state index is 8.23. The van der Waals surface area contributed by atoms with Gasteiger partial charge in [-0.2, -0.15) is 0 Å². The van der Waals surface area contributed by atoms with Crippen LogP contribution in [0.25, 0.3) is 5.57 Å². The van der Waals surface area contributed by atoms with E-state index in [1.807, 2.05) is 6.26 Å². The number of hydrogen-bond acceptors (Lipinski definition) is 4. The molecule has 124 valence electrons. The summed E-state index contributed by atoms with van der Waals surface area (Å²) in [4.78, 5) is 0. The second-order valence-corrected chi connectivity index (χ2v) is 6.78. The Morgan fingerprint density at radius 2 is 1.96 bits per heavy atom. The van der Waals surface area contributed by atoms with Gasteiger partial charge in [0.1, 0.15) is 0 Å². The molecular formula is C20H23N3S. The van der Waals surface area contributed by atoms with Crippen LogP contribution in [-0.4, -0.2) is 24.4 Å². The number of benzene rings is 2. The van der Waals surface area contributed by atoms with Crippen molar-refractivity contribution < 1.29 is 0 Å². The first-order chi connectivity index (χ1) is 11.7. The van der Waals surface area contributed by atoms with E-state index in [0.717, 1.165) is 36.4 Å². The van der Waals surface area contributed by atoms with E-state index in [9.17, 15) is 0 Å². The van der Waals surface area contributed by atoms with E-state index in [1.54, 1.807) is 0 Å². The maximum absolute atomic E-state index is 8.23. The molecule has 2 aromatic carbocycles. The van der Waals surface area contributed by atoms with Gasteiger partial charge in [0.2, 0.25) is 0 Å². The smallest absolute Gasteiger partial charge is 0.0960 e. The first kappa shape index (κ1) is 16.8. The Labute approximate surface area is 148 Å². The molecule has 0 saturated heterocycles. The summed E-state index contributed by atoms with van der Waals surface area (Å²) >= 11 is 1.47. The van der Waals surface area contributed by atoms with Crippen molar-refractivity contribution in [2.24, 2.45) is 0 Å². The van der Waals surface area contributed by atoms with Crippen molar-refractivity contribution in [2.75, 3.05) is 24.7 Å². The highest BCUT2D eigenvalue weighted by atomic mass is 32.2. The summed E-state index contributed by atoms with van der Waals surface area (Å²) in [6, 6.07) is 14.7. The average Bonchev–Trinajstić information content (AvgIpc) is 2.63. The van der Waals surface area contributed by atoms with Gasteiger partial charge in [0, 0.05) is 23.5 Å². The minimum Gasteiger partial charge on any atom is -0.355 e. The van der Waals surface area contributed by atoms with E-state index >= 15 is 0 Å². The molecule has 2 aromatic rings. The molecule has 0 saturated carbocycles. The van der Waals surface area contributed by atoms with Gasteiger partial charge in [-0.15, -0.1) is 11.8 Å². The Morgan fingerprint density at radius 1 is 1.17 bits per heavy atom. The van der Waals surface area contributed by atoms with Gasteiger partial charge in [-0.1, -0.05) is 29.8 Å². The second-order valence-electron chi connectivity index (χ2n) is 5.97. The quantitative estimate of drug-likeness (QED) is 0.554. The Hall–Kier alpha value is -2.04. The molecule has 1 aliphatic rings. The number of anilines is 2. The van der Waals surface area contributed by atoms with Gasteiger partial charge in [-0.3, -0.25) is 5.41 Å². The minimum absolute atomic E-state index is 0.579. The predicted molar refractivity (Wildman–Crippen MR) is 107 cm³/mol. The van der Waals surface area contributed by atoms with Gasteiger partial charge in [-0.05, 0) is 61.5 Å². The summed E-state index contributed by atoms with van der Waals surface area (Å²) in [7, 11) is 0. The normalized spacial score (nSPS) is 14.2. The molecule has 3 nitrogen and oxygen atoms in total. The van der Waals surface area contributed by atoms with Crippen molar-refractivity contribution in [3.8, 4) is 0 Å². The van der Waals surface area contributed by atoms with Crippen molar-refractivity contribution in [3.63, 3.8) is 0 Å². The van der Waals surface area contributed by atoms with Crippen molar-refractivity contribution in [1.82, 2.24) is 5.32 Å². The number of rotatable bonds is 4. The zero-order valence-corrected chi connectivity index (χ0v) is 15.0. The monoisotopic (exact) mass is 337 g/mol. The first-order valence-corrected chi connectivity index (χ1v) is 9.40. The van der Waals surface area contributed by atoms with Crippen LogP contribution in [0.4, 0.5) is 11.4 Å². The molecule has 0 radical (unpaired) electrons. The van der Waals surface area contributed by atoms with Crippen LogP contribution in [0.2, 0.25) is 0 Å². The summed E-state index contributed by atoms with van der Waals surface area (Å²) < 4.78 is 0. The minimum atomic E-state index is 0.579. The lowest BCUT2D eigenvalue weighted by Crippen LogP contribution is -2.20. The fraction of sp³-hybridized carbons (Fsp3) is 0.250. The van der Waals surface area contributed by atoms with Crippen molar-refractivity contribution in [3.05, 3.63) is 65.2 Å². The molecule has 24 heavy (non-hydrogen) atoms. The molecule has 0 amide bonds. The summed E-state index contributed by atoms with van der Waals surface area (Å²) in [6.07, 6.45) is 5.25. The molecule has 0 fully saturated rings. The van der Waals surface area contributed by atoms with Gasteiger partial charge in [0.05, 0.1) is 5.04 Å². The van der Waals surface area contributed by atoms with Crippen LogP contribution in [0.1, 0.15) is 23.1 Å². The molecule has 1 aliphatic heterocycles. The van der Waals surface area contributed by atoms with Crippen LogP contribution in [0.5, 0.6) is 0 Å². The summed E-state index contributed by atoms with van der Waals surface area (Å²) in [5, 5.41) is 15.7. The lowest BCUT2D eigenvalue weighted by Gasteiger charge is -2.18. The maximum Gasteiger partial charge on any atom is 0.0960 e. The highest BCUT2D eigenvalue weighted by Crippen LogP contribution is 2.29. The first-order valence-electron chi connectivity index (χ1n) is 8.18. The molecule has 0 unspecified atom stereocenters. The molecule has 0 atom stereocenters. The largest absolute Gasteiger partial charge is 0.355 e. The van der Waals surface area contributed by atoms with Crippen LogP contribution in [0.3, 0.4) is 0 Å². The average molecular weight is 337 g/mol. The van der Waals surface area contributed by atoms with E-state index < -0.39 is 0 Å². The van der Waals surface area contributed by atoms with Gasteiger partial charge in [0.25, 0.3) is 0 Å². The van der Waals surface area contributed by atoms with Crippen LogP contribution < -0.4 is 10.6 Å². The van der Waals surface area contributed by atoms with E-state index in [4.69, 9.17) is 5.41 Å². The number of nitrogens with one attached hydrogen (secondary N) is 3. The van der Waals surface area contributed by atoms with Gasteiger partial charge >= 0.3 is 0 Å². The van der Waals surface area contributed by atoms with Crippen LogP contribution in [0.15, 0.2) is 48.5 Å². The molecule has 1 heterocycles. The Kier molecular flexibility index (Phi) is 5.38. The molecule has 0 aromatic heterocycles. The second kappa shape index (κ2) is 7.69. The number of thioether (sulfide) groups is 1. The van der Waals surface area contributed by atoms with Crippen molar-refractivity contribution in [1.29, 1.82) is 5.41 Å². The molecular weight excluding hydrogens is 314 g/mol. The summed E-state index contributed by atoms with van der Waals surface area (Å²) in [5.41, 5.74) is 6.85. The topological polar surface area (TPSA) is 47.9 Å². The predicted octanol–water partition coefficient (Wildman–Crippen LogP) is 4.80. The van der Waals surface area contributed by atoms with E-state index in [0.29, 0.717) is 5.04 Å². The van der Waals surface area contributed by atoms with Crippen LogP contribution in [-0.2, 0) is 0 Å². The lowest BCUT2D eigenvalue weighted by molar-refractivity contribution is 0.738. The SMILES string of the molecule is CSC(=N)c1ccc(C2=CCNCC2)cc1Nc1ccc(C)cc1. The molecule has 0 spiro atoms. The van der Waals surface area contributed by atoms with Gasteiger partial charge in [0.15, 0.2) is 0 Å². The summed E-state index contributed by atoms with van der Waals surface area (Å²) in [6.45, 7) is 4.04. The number of hydrogen-bond donors (Lipinski definition) is 3. The Balaban J connectivity index is 1.97. The van der Waals surface area contributed by atoms with Crippen molar-refractivity contribution >= 4 is 33.8 Å². The van der Waals surface area contributed by atoms with Crippen molar-refractivity contribution in [2.45, 2.75) is 13.3 Å². The molecule has 3 rings (SSSR count). The standard InChI is InChI=1S/C20H23N3S/c1-14-3-6-17(7-4-14)23-19-13-16(15-9-11-22-12-10-15)5-8-18(19)20(21)24-2/h3-9,13,21-23H,10-12H2,1-2H3. The fourth-order valence-corrected chi connectivity index (χ4v) is 3.23. The zero-order chi connectivity index (χ0) is 16.9. The van der Waals surface area contributed by atoms with E-state index in [2.05, 4.69) is 66.1 Å². The third kappa shape index (κ3) is 3.89. The molecule has 3 N–H and O–H groups in total. The van der Waals surface area contributed by atoms with Crippen LogP contribution in [0, 0.1) is 12.3 Å². The molecule has 4 heteroatoms. The molecule has 0 aliphatic carbocycles. The third-order valence-corrected chi connectivity index (χ3v) is 4.86. The number of aryl methyl sites for hydroxylation is 1. The highest BCUT2D eigenvalue weighted by Gasteiger charge is 2.12. The Morgan fingerprint density at radius 3 is 2.62 bits per heavy atom. The van der Waals surface area contributed by atoms with Gasteiger partial charge in [-0.25, -0.2) is 0 Å². The van der Waals surface area contributed by atoms with E-state index in [-0.39, 0.29) is 0 Å². The molecule has 0 bridgehead atoms. The Bertz CT molecular complexity index is 763. The third-order valence-electron chi connectivity index (χ3n) is 4.23. The van der Waals surface area contributed by atoms with Gasteiger partial charge < -0.3 is 10.6 Å². The summed E-state index contributed by atoms with van der Waals surface area (Å²) in [5.74, 6) is 0. The van der Waals surface area contributed by atoms with Crippen LogP contribution >= 0.6 is 11.8 Å².